The van der Waals surface area contributed by atoms with E-state index in [1.54, 1.807) is 6.07 Å². The van der Waals surface area contributed by atoms with Crippen molar-refractivity contribution in [1.29, 1.82) is 0 Å². The maximum atomic E-state index is 13.7. The second kappa shape index (κ2) is 7.33. The maximum Gasteiger partial charge on any atom is 0.137 e. The van der Waals surface area contributed by atoms with E-state index in [4.69, 9.17) is 5.11 Å². The molecular formula is C14H20BrFN2O. The van der Waals surface area contributed by atoms with Crippen molar-refractivity contribution < 1.29 is 9.50 Å². The zero-order valence-corrected chi connectivity index (χ0v) is 12.5. The smallest absolute Gasteiger partial charge is 0.137 e. The molecule has 1 aromatic carbocycles. The fraction of sp³-hybridized carbons (Fsp3) is 0.571. The average Bonchev–Trinajstić information content (AvgIpc) is 2.45. The molecule has 0 unspecified atom stereocenters. The van der Waals surface area contributed by atoms with Crippen molar-refractivity contribution in [3.63, 3.8) is 0 Å². The summed E-state index contributed by atoms with van der Waals surface area (Å²) in [6.45, 7) is 4.01. The summed E-state index contributed by atoms with van der Waals surface area (Å²) in [6, 6.07) is 5.36. The molecule has 0 amide bonds. The molecule has 1 fully saturated rings. The van der Waals surface area contributed by atoms with E-state index in [-0.39, 0.29) is 18.5 Å². The fourth-order valence-corrected chi connectivity index (χ4v) is 3.12. The highest BCUT2D eigenvalue weighted by Crippen LogP contribution is 2.33. The molecular weight excluding hydrogens is 311 g/mol. The Balaban J connectivity index is 2.22. The molecule has 0 radical (unpaired) electrons. The molecule has 1 aliphatic heterocycles. The molecule has 19 heavy (non-hydrogen) atoms. The van der Waals surface area contributed by atoms with Crippen LogP contribution in [0.1, 0.15) is 24.4 Å². The number of nitrogens with one attached hydrogen (secondary N) is 1. The van der Waals surface area contributed by atoms with E-state index in [9.17, 15) is 4.39 Å². The predicted octanol–water partition coefficient (Wildman–Crippen LogP) is 2.31. The Morgan fingerprint density at radius 2 is 2.11 bits per heavy atom. The first-order valence-electron chi connectivity index (χ1n) is 6.73. The Bertz CT molecular complexity index is 410. The molecule has 2 rings (SSSR count). The van der Waals surface area contributed by atoms with Gasteiger partial charge in [0.2, 0.25) is 0 Å². The van der Waals surface area contributed by atoms with E-state index in [0.29, 0.717) is 4.47 Å². The van der Waals surface area contributed by atoms with Gasteiger partial charge in [-0.25, -0.2) is 4.39 Å². The Morgan fingerprint density at radius 3 is 2.79 bits per heavy atom. The van der Waals surface area contributed by atoms with E-state index in [1.165, 1.54) is 6.07 Å². The number of benzene rings is 1. The molecule has 0 aliphatic carbocycles. The third-order valence-electron chi connectivity index (χ3n) is 3.57. The largest absolute Gasteiger partial charge is 0.396 e. The summed E-state index contributed by atoms with van der Waals surface area (Å²) in [5.41, 5.74) is 0.982. The summed E-state index contributed by atoms with van der Waals surface area (Å²) < 4.78 is 14.3. The molecule has 1 atom stereocenters. The van der Waals surface area contributed by atoms with Gasteiger partial charge in [0.05, 0.1) is 4.47 Å². The first-order valence-corrected chi connectivity index (χ1v) is 7.53. The molecule has 0 spiro atoms. The molecule has 0 saturated carbocycles. The molecule has 106 valence electrons. The van der Waals surface area contributed by atoms with Gasteiger partial charge < -0.3 is 10.4 Å². The van der Waals surface area contributed by atoms with E-state index >= 15 is 0 Å². The number of halogens is 2. The van der Waals surface area contributed by atoms with E-state index < -0.39 is 0 Å². The number of aliphatic hydroxyl groups excluding tert-OH is 1. The van der Waals surface area contributed by atoms with Gasteiger partial charge in [-0.1, -0.05) is 12.1 Å². The van der Waals surface area contributed by atoms with Gasteiger partial charge in [0.1, 0.15) is 5.82 Å². The summed E-state index contributed by atoms with van der Waals surface area (Å²) in [7, 11) is 0. The Kier molecular flexibility index (Phi) is 5.76. The first-order chi connectivity index (χ1) is 9.24. The van der Waals surface area contributed by atoms with Crippen LogP contribution in [0.5, 0.6) is 0 Å². The highest BCUT2D eigenvalue weighted by molar-refractivity contribution is 9.10. The van der Waals surface area contributed by atoms with E-state index in [1.807, 2.05) is 6.07 Å². The minimum Gasteiger partial charge on any atom is -0.396 e. The maximum absolute atomic E-state index is 13.7. The summed E-state index contributed by atoms with van der Waals surface area (Å²) >= 11 is 3.36. The second-order valence-corrected chi connectivity index (χ2v) is 5.60. The van der Waals surface area contributed by atoms with Gasteiger partial charge in [-0.3, -0.25) is 4.90 Å². The second-order valence-electron chi connectivity index (χ2n) is 4.81. The van der Waals surface area contributed by atoms with Gasteiger partial charge >= 0.3 is 0 Å². The molecule has 1 saturated heterocycles. The van der Waals surface area contributed by atoms with Crippen LogP contribution in [0.3, 0.4) is 0 Å². The highest BCUT2D eigenvalue weighted by Gasteiger charge is 2.24. The van der Waals surface area contributed by atoms with Gasteiger partial charge in [-0.15, -0.1) is 0 Å². The Labute approximate surface area is 121 Å². The summed E-state index contributed by atoms with van der Waals surface area (Å²) in [4.78, 5) is 2.37. The number of aliphatic hydroxyl groups is 1. The number of hydrogen-bond donors (Lipinski definition) is 2. The zero-order valence-electron chi connectivity index (χ0n) is 10.9. The van der Waals surface area contributed by atoms with Crippen LogP contribution in [0.25, 0.3) is 0 Å². The number of hydrogen-bond acceptors (Lipinski definition) is 3. The summed E-state index contributed by atoms with van der Waals surface area (Å²) in [6.07, 6.45) is 1.58. The normalized spacial score (nSPS) is 18.5. The summed E-state index contributed by atoms with van der Waals surface area (Å²) in [5.74, 6) is -0.221. The van der Waals surface area contributed by atoms with Crippen LogP contribution in [-0.2, 0) is 0 Å². The van der Waals surface area contributed by atoms with Crippen molar-refractivity contribution in [3.05, 3.63) is 34.1 Å². The van der Waals surface area contributed by atoms with Crippen LogP contribution in [0.2, 0.25) is 0 Å². The average molecular weight is 331 g/mol. The Hall–Kier alpha value is -0.490. The lowest BCUT2D eigenvalue weighted by Gasteiger charge is -2.35. The van der Waals surface area contributed by atoms with Gasteiger partial charge in [-0.2, -0.15) is 0 Å². The van der Waals surface area contributed by atoms with E-state index in [2.05, 4.69) is 26.1 Å². The van der Waals surface area contributed by atoms with Crippen LogP contribution in [0.15, 0.2) is 22.7 Å². The lowest BCUT2D eigenvalue weighted by molar-refractivity contribution is 0.154. The van der Waals surface area contributed by atoms with Gasteiger partial charge in [0.15, 0.2) is 0 Å². The fourth-order valence-electron chi connectivity index (χ4n) is 2.59. The molecule has 1 aromatic rings. The first kappa shape index (κ1) is 14.9. The molecule has 5 heteroatoms. The lowest BCUT2D eigenvalue weighted by atomic mass is 9.99. The third kappa shape index (κ3) is 3.75. The van der Waals surface area contributed by atoms with Gasteiger partial charge in [0, 0.05) is 38.8 Å². The van der Waals surface area contributed by atoms with Crippen LogP contribution in [-0.4, -0.2) is 42.8 Å². The molecule has 0 aromatic heterocycles. The van der Waals surface area contributed by atoms with Gasteiger partial charge in [0.25, 0.3) is 0 Å². The number of nitrogens with zero attached hydrogens (tertiary/aromatic N) is 1. The van der Waals surface area contributed by atoms with E-state index in [0.717, 1.165) is 44.6 Å². The summed E-state index contributed by atoms with van der Waals surface area (Å²) in [5, 5.41) is 12.4. The lowest BCUT2D eigenvalue weighted by Crippen LogP contribution is -2.45. The van der Waals surface area contributed by atoms with Crippen molar-refractivity contribution in [2.24, 2.45) is 0 Å². The minimum absolute atomic E-state index is 0.166. The highest BCUT2D eigenvalue weighted by atomic mass is 79.9. The molecule has 0 bridgehead atoms. The van der Waals surface area contributed by atoms with Crippen LogP contribution < -0.4 is 5.32 Å². The standard InChI is InChI=1S/C14H20BrFN2O/c15-14-11(3-1-4-12(14)16)13(5-2-10-19)18-8-6-17-7-9-18/h1,3-4,13,17,19H,2,5-10H2/t13-/m0/s1. The SMILES string of the molecule is OCCC[C@@H](c1cccc(F)c1Br)N1CCNCC1. The van der Waals surface area contributed by atoms with Crippen molar-refractivity contribution in [1.82, 2.24) is 10.2 Å². The number of rotatable bonds is 5. The van der Waals surface area contributed by atoms with Gasteiger partial charge in [-0.05, 0) is 40.4 Å². The molecule has 2 N–H and O–H groups in total. The van der Waals surface area contributed by atoms with Crippen LogP contribution >= 0.6 is 15.9 Å². The topological polar surface area (TPSA) is 35.5 Å². The quantitative estimate of drug-likeness (QED) is 0.869. The molecule has 1 aliphatic rings. The predicted molar refractivity (Wildman–Crippen MR) is 77.6 cm³/mol. The van der Waals surface area contributed by atoms with Crippen molar-refractivity contribution in [2.45, 2.75) is 18.9 Å². The monoisotopic (exact) mass is 330 g/mol. The zero-order chi connectivity index (χ0) is 13.7. The van der Waals surface area contributed by atoms with Crippen LogP contribution in [0.4, 0.5) is 4.39 Å². The van der Waals surface area contributed by atoms with Crippen molar-refractivity contribution >= 4 is 15.9 Å². The third-order valence-corrected chi connectivity index (χ3v) is 4.41. The minimum atomic E-state index is -0.221. The molecule has 1 heterocycles. The van der Waals surface area contributed by atoms with Crippen LogP contribution in [0, 0.1) is 5.82 Å². The van der Waals surface area contributed by atoms with Crippen molar-refractivity contribution in [2.75, 3.05) is 32.8 Å². The Morgan fingerprint density at radius 1 is 1.37 bits per heavy atom. The van der Waals surface area contributed by atoms with Crippen molar-refractivity contribution in [3.8, 4) is 0 Å². The molecule has 3 nitrogen and oxygen atoms in total. The number of piperazine rings is 1.